The number of aliphatic hydroxyl groups excluding tert-OH is 1. The van der Waals surface area contributed by atoms with E-state index in [-0.39, 0.29) is 6.61 Å². The van der Waals surface area contributed by atoms with Crippen LogP contribution in [0.4, 0.5) is 5.69 Å². The predicted molar refractivity (Wildman–Crippen MR) is 56.9 cm³/mol. The van der Waals surface area contributed by atoms with Gasteiger partial charge in [-0.1, -0.05) is 0 Å². The molecule has 3 N–H and O–H groups in total. The van der Waals surface area contributed by atoms with Gasteiger partial charge < -0.3 is 10.8 Å². The Morgan fingerprint density at radius 2 is 2.29 bits per heavy atom. The van der Waals surface area contributed by atoms with Gasteiger partial charge in [-0.25, -0.2) is 0 Å². The van der Waals surface area contributed by atoms with Crippen LogP contribution >= 0.6 is 11.3 Å². The molecule has 0 fully saturated rings. The summed E-state index contributed by atoms with van der Waals surface area (Å²) in [6.45, 7) is -0.0903. The number of benzene rings is 1. The van der Waals surface area contributed by atoms with Crippen LogP contribution < -0.4 is 5.73 Å². The first kappa shape index (κ1) is 9.00. The lowest BCUT2D eigenvalue weighted by Crippen LogP contribution is -1.90. The van der Waals surface area contributed by atoms with Crippen molar-refractivity contribution < 1.29 is 5.11 Å². The van der Waals surface area contributed by atoms with Crippen molar-refractivity contribution in [3.05, 3.63) is 28.6 Å². The second-order valence-electron chi connectivity index (χ2n) is 2.97. The fourth-order valence-corrected chi connectivity index (χ4v) is 2.46. The van der Waals surface area contributed by atoms with Gasteiger partial charge in [-0.2, -0.15) is 5.26 Å². The van der Waals surface area contributed by atoms with Crippen molar-refractivity contribution in [3.63, 3.8) is 0 Å². The summed E-state index contributed by atoms with van der Waals surface area (Å²) in [5, 5.41) is 20.6. The van der Waals surface area contributed by atoms with Crippen molar-refractivity contribution in [1.29, 1.82) is 5.26 Å². The second kappa shape index (κ2) is 3.29. The Labute approximate surface area is 85.0 Å². The highest BCUT2D eigenvalue weighted by Gasteiger charge is 2.08. The van der Waals surface area contributed by atoms with Crippen molar-refractivity contribution in [1.82, 2.24) is 0 Å². The van der Waals surface area contributed by atoms with Crippen LogP contribution in [-0.2, 0) is 6.61 Å². The SMILES string of the molecule is N#Cc1csc2cc(N)cc(CO)c12. The van der Waals surface area contributed by atoms with Gasteiger partial charge in [0.15, 0.2) is 0 Å². The zero-order valence-corrected chi connectivity index (χ0v) is 8.14. The molecule has 14 heavy (non-hydrogen) atoms. The number of thiophene rings is 1. The van der Waals surface area contributed by atoms with Gasteiger partial charge in [0.1, 0.15) is 6.07 Å². The summed E-state index contributed by atoms with van der Waals surface area (Å²) >= 11 is 1.47. The van der Waals surface area contributed by atoms with Gasteiger partial charge in [0.05, 0.1) is 12.2 Å². The van der Waals surface area contributed by atoms with Gasteiger partial charge in [0, 0.05) is 21.2 Å². The lowest BCUT2D eigenvalue weighted by atomic mass is 10.1. The average molecular weight is 204 g/mol. The molecule has 0 unspecified atom stereocenters. The number of hydrogen-bond acceptors (Lipinski definition) is 4. The maximum absolute atomic E-state index is 9.14. The van der Waals surface area contributed by atoms with Crippen LogP contribution in [0.2, 0.25) is 0 Å². The first-order chi connectivity index (χ1) is 6.76. The normalized spacial score (nSPS) is 10.3. The Hall–Kier alpha value is -1.57. The molecule has 0 aliphatic rings. The van der Waals surface area contributed by atoms with Crippen molar-refractivity contribution in [2.24, 2.45) is 0 Å². The smallest absolute Gasteiger partial charge is 0.101 e. The quantitative estimate of drug-likeness (QED) is 0.696. The van der Waals surface area contributed by atoms with Crippen LogP contribution in [-0.4, -0.2) is 5.11 Å². The van der Waals surface area contributed by atoms with Crippen LogP contribution in [0.3, 0.4) is 0 Å². The number of nitrogen functional groups attached to an aromatic ring is 1. The highest BCUT2D eigenvalue weighted by atomic mass is 32.1. The summed E-state index contributed by atoms with van der Waals surface area (Å²) in [5.41, 5.74) is 7.61. The standard InChI is InChI=1S/C10H8N2OS/c11-3-7-5-14-9-2-8(12)1-6(4-13)10(7)9/h1-2,5,13H,4,12H2. The number of nitrogens with two attached hydrogens (primary N) is 1. The molecule has 0 aliphatic carbocycles. The fraction of sp³-hybridized carbons (Fsp3) is 0.100. The molecule has 70 valence electrons. The summed E-state index contributed by atoms with van der Waals surface area (Å²) in [6.07, 6.45) is 0. The topological polar surface area (TPSA) is 70.0 Å². The van der Waals surface area contributed by atoms with Gasteiger partial charge in [0.2, 0.25) is 0 Å². The van der Waals surface area contributed by atoms with E-state index < -0.39 is 0 Å². The monoisotopic (exact) mass is 204 g/mol. The van der Waals surface area contributed by atoms with E-state index in [0.717, 1.165) is 15.6 Å². The van der Waals surface area contributed by atoms with Gasteiger partial charge >= 0.3 is 0 Å². The molecule has 3 nitrogen and oxygen atoms in total. The third-order valence-corrected chi connectivity index (χ3v) is 3.00. The molecule has 2 aromatic rings. The van der Waals surface area contributed by atoms with E-state index in [4.69, 9.17) is 16.1 Å². The Kier molecular flexibility index (Phi) is 2.12. The third-order valence-electron chi connectivity index (χ3n) is 2.07. The molecule has 0 radical (unpaired) electrons. The minimum absolute atomic E-state index is 0.0903. The minimum atomic E-state index is -0.0903. The van der Waals surface area contributed by atoms with Crippen LogP contribution in [0.1, 0.15) is 11.1 Å². The summed E-state index contributed by atoms with van der Waals surface area (Å²) < 4.78 is 0.950. The molecule has 1 heterocycles. The molecule has 0 atom stereocenters. The summed E-state index contributed by atoms with van der Waals surface area (Å²) in [6, 6.07) is 5.63. The van der Waals surface area contributed by atoms with Crippen LogP contribution in [0.5, 0.6) is 0 Å². The predicted octanol–water partition coefficient (Wildman–Crippen LogP) is 1.85. The molecule has 4 heteroatoms. The Bertz CT molecular complexity index is 525. The Morgan fingerprint density at radius 1 is 1.50 bits per heavy atom. The van der Waals surface area contributed by atoms with Crippen molar-refractivity contribution >= 4 is 27.1 Å². The molecule has 1 aromatic heterocycles. The molecule has 0 saturated carbocycles. The van der Waals surface area contributed by atoms with Crippen molar-refractivity contribution in [2.45, 2.75) is 6.61 Å². The Morgan fingerprint density at radius 3 is 2.93 bits per heavy atom. The first-order valence-corrected chi connectivity index (χ1v) is 4.94. The van der Waals surface area contributed by atoms with E-state index in [2.05, 4.69) is 6.07 Å². The summed E-state index contributed by atoms with van der Waals surface area (Å²) in [7, 11) is 0. The van der Waals surface area contributed by atoms with E-state index >= 15 is 0 Å². The van der Waals surface area contributed by atoms with Gasteiger partial charge in [0.25, 0.3) is 0 Å². The number of hydrogen-bond donors (Lipinski definition) is 2. The van der Waals surface area contributed by atoms with E-state index in [0.29, 0.717) is 11.3 Å². The summed E-state index contributed by atoms with van der Waals surface area (Å²) in [5.74, 6) is 0. The lowest BCUT2D eigenvalue weighted by molar-refractivity contribution is 0.283. The first-order valence-electron chi connectivity index (χ1n) is 4.07. The van der Waals surface area contributed by atoms with Crippen LogP contribution in [0.25, 0.3) is 10.1 Å². The average Bonchev–Trinajstić information content (AvgIpc) is 2.59. The number of aliphatic hydroxyl groups is 1. The fourth-order valence-electron chi connectivity index (χ4n) is 1.48. The summed E-state index contributed by atoms with van der Waals surface area (Å²) in [4.78, 5) is 0. The number of rotatable bonds is 1. The maximum Gasteiger partial charge on any atom is 0.101 e. The largest absolute Gasteiger partial charge is 0.399 e. The van der Waals surface area contributed by atoms with Crippen LogP contribution in [0.15, 0.2) is 17.5 Å². The molecular formula is C10H8N2OS. The van der Waals surface area contributed by atoms with Crippen LogP contribution in [0, 0.1) is 11.3 Å². The Balaban J connectivity index is 2.87. The third kappa shape index (κ3) is 1.23. The highest BCUT2D eigenvalue weighted by molar-refractivity contribution is 7.17. The second-order valence-corrected chi connectivity index (χ2v) is 3.88. The van der Waals surface area contributed by atoms with E-state index in [1.807, 2.05) is 6.07 Å². The number of nitriles is 1. The minimum Gasteiger partial charge on any atom is -0.399 e. The molecule has 0 saturated heterocycles. The van der Waals surface area contributed by atoms with E-state index in [1.54, 1.807) is 11.4 Å². The van der Waals surface area contributed by atoms with Gasteiger partial charge in [-0.05, 0) is 17.7 Å². The number of fused-ring (bicyclic) bond motifs is 1. The zero-order valence-electron chi connectivity index (χ0n) is 7.32. The molecule has 0 aliphatic heterocycles. The molecule has 0 amide bonds. The van der Waals surface area contributed by atoms with E-state index in [1.165, 1.54) is 11.3 Å². The van der Waals surface area contributed by atoms with Gasteiger partial charge in [-0.3, -0.25) is 0 Å². The van der Waals surface area contributed by atoms with Crippen molar-refractivity contribution in [3.8, 4) is 6.07 Å². The van der Waals surface area contributed by atoms with Crippen molar-refractivity contribution in [2.75, 3.05) is 5.73 Å². The molecule has 0 bridgehead atoms. The molecule has 2 rings (SSSR count). The molecule has 0 spiro atoms. The maximum atomic E-state index is 9.14. The number of nitrogens with zero attached hydrogens (tertiary/aromatic N) is 1. The highest BCUT2D eigenvalue weighted by Crippen LogP contribution is 2.30. The van der Waals surface area contributed by atoms with E-state index in [9.17, 15) is 0 Å². The lowest BCUT2D eigenvalue weighted by Gasteiger charge is -2.01. The molecular weight excluding hydrogens is 196 g/mol. The zero-order chi connectivity index (χ0) is 10.1. The van der Waals surface area contributed by atoms with Gasteiger partial charge in [-0.15, -0.1) is 11.3 Å². The molecule has 1 aromatic carbocycles. The number of anilines is 1.